The topological polar surface area (TPSA) is 71.8 Å². The van der Waals surface area contributed by atoms with Gasteiger partial charge in [0.15, 0.2) is 0 Å². The summed E-state index contributed by atoms with van der Waals surface area (Å²) in [6.45, 7) is 3.43. The molecule has 0 fully saturated rings. The molecule has 2 heterocycles. The summed E-state index contributed by atoms with van der Waals surface area (Å²) >= 11 is 0. The maximum atomic E-state index is 13.1. The van der Waals surface area contributed by atoms with Gasteiger partial charge < -0.3 is 5.32 Å². The molecule has 0 saturated carbocycles. The standard InChI is InChI=1S/C15H18F3N5O/c1-9-8-19-6-4-11(9)5-7-20-14(24)21-13-12(15(16,17)18)10(2)22-23(13)3/h4,6,8H,5,7H2,1-3H3,(H2,20,21,24). The number of pyridine rings is 1. The lowest BCUT2D eigenvalue weighted by molar-refractivity contribution is -0.137. The fourth-order valence-corrected chi connectivity index (χ4v) is 2.39. The Morgan fingerprint density at radius 3 is 2.67 bits per heavy atom. The highest BCUT2D eigenvalue weighted by molar-refractivity contribution is 5.89. The second kappa shape index (κ2) is 6.90. The molecule has 0 aliphatic heterocycles. The zero-order valence-corrected chi connectivity index (χ0v) is 13.5. The number of halogens is 3. The fraction of sp³-hybridized carbons (Fsp3) is 0.400. The van der Waals surface area contributed by atoms with E-state index in [1.165, 1.54) is 14.0 Å². The van der Waals surface area contributed by atoms with Crippen LogP contribution in [-0.4, -0.2) is 27.3 Å². The molecule has 6 nitrogen and oxygen atoms in total. The average Bonchev–Trinajstić information content (AvgIpc) is 2.75. The molecule has 130 valence electrons. The van der Waals surface area contributed by atoms with Crippen molar-refractivity contribution in [3.8, 4) is 0 Å². The Kier molecular flexibility index (Phi) is 5.10. The van der Waals surface area contributed by atoms with E-state index in [-0.39, 0.29) is 18.1 Å². The number of nitrogens with one attached hydrogen (secondary N) is 2. The lowest BCUT2D eigenvalue weighted by atomic mass is 10.1. The minimum atomic E-state index is -4.59. The van der Waals surface area contributed by atoms with Gasteiger partial charge in [0.1, 0.15) is 11.4 Å². The SMILES string of the molecule is Cc1cnccc1CCNC(=O)Nc1c(C(F)(F)F)c(C)nn1C. The monoisotopic (exact) mass is 341 g/mol. The van der Waals surface area contributed by atoms with Crippen LogP contribution >= 0.6 is 0 Å². The van der Waals surface area contributed by atoms with Crippen LogP contribution in [0.5, 0.6) is 0 Å². The van der Waals surface area contributed by atoms with Crippen LogP contribution in [0.15, 0.2) is 18.5 Å². The fourth-order valence-electron chi connectivity index (χ4n) is 2.39. The minimum Gasteiger partial charge on any atom is -0.337 e. The number of rotatable bonds is 4. The number of anilines is 1. The van der Waals surface area contributed by atoms with Gasteiger partial charge in [-0.3, -0.25) is 15.0 Å². The number of carbonyl (C=O) groups is 1. The first kappa shape index (κ1) is 17.8. The smallest absolute Gasteiger partial charge is 0.337 e. The number of amides is 2. The molecule has 2 N–H and O–H groups in total. The number of urea groups is 1. The molecular formula is C15H18F3N5O. The van der Waals surface area contributed by atoms with E-state index in [0.29, 0.717) is 6.42 Å². The molecule has 0 saturated heterocycles. The second-order valence-electron chi connectivity index (χ2n) is 5.36. The number of aromatic nitrogens is 3. The number of carbonyl (C=O) groups excluding carboxylic acids is 1. The largest absolute Gasteiger partial charge is 0.421 e. The Morgan fingerprint density at radius 2 is 2.04 bits per heavy atom. The number of aryl methyl sites for hydroxylation is 3. The van der Waals surface area contributed by atoms with Crippen LogP contribution in [-0.2, 0) is 19.6 Å². The molecule has 0 aromatic carbocycles. The number of hydrogen-bond acceptors (Lipinski definition) is 3. The third-order valence-electron chi connectivity index (χ3n) is 3.55. The Hall–Kier alpha value is -2.58. The van der Waals surface area contributed by atoms with E-state index in [1.54, 1.807) is 12.4 Å². The summed E-state index contributed by atoms with van der Waals surface area (Å²) in [5.41, 5.74) is 0.872. The van der Waals surface area contributed by atoms with Crippen LogP contribution < -0.4 is 10.6 Å². The summed E-state index contributed by atoms with van der Waals surface area (Å²) in [5.74, 6) is -0.377. The molecule has 0 bridgehead atoms. The van der Waals surface area contributed by atoms with Crippen LogP contribution in [0, 0.1) is 13.8 Å². The van der Waals surface area contributed by atoms with Crippen molar-refractivity contribution in [1.82, 2.24) is 20.1 Å². The number of alkyl halides is 3. The number of nitrogens with zero attached hydrogens (tertiary/aromatic N) is 3. The van der Waals surface area contributed by atoms with E-state index in [9.17, 15) is 18.0 Å². The highest BCUT2D eigenvalue weighted by atomic mass is 19.4. The van der Waals surface area contributed by atoms with Gasteiger partial charge in [-0.05, 0) is 37.5 Å². The van der Waals surface area contributed by atoms with E-state index in [2.05, 4.69) is 20.7 Å². The van der Waals surface area contributed by atoms with Gasteiger partial charge in [-0.2, -0.15) is 18.3 Å². The average molecular weight is 341 g/mol. The molecule has 2 aromatic rings. The van der Waals surface area contributed by atoms with E-state index in [0.717, 1.165) is 15.8 Å². The summed E-state index contributed by atoms with van der Waals surface area (Å²) in [4.78, 5) is 15.9. The van der Waals surface area contributed by atoms with E-state index < -0.39 is 17.8 Å². The summed E-state index contributed by atoms with van der Waals surface area (Å²) < 4.78 is 40.2. The van der Waals surface area contributed by atoms with Crippen molar-refractivity contribution >= 4 is 11.8 Å². The maximum absolute atomic E-state index is 13.1. The number of hydrogen-bond donors (Lipinski definition) is 2. The van der Waals surface area contributed by atoms with Crippen LogP contribution in [0.4, 0.5) is 23.8 Å². The lowest BCUT2D eigenvalue weighted by Crippen LogP contribution is -2.32. The Labute approximate surface area is 137 Å². The zero-order chi connectivity index (χ0) is 17.9. The van der Waals surface area contributed by atoms with E-state index in [4.69, 9.17) is 0 Å². The van der Waals surface area contributed by atoms with Crippen LogP contribution in [0.25, 0.3) is 0 Å². The third-order valence-corrected chi connectivity index (χ3v) is 3.55. The van der Waals surface area contributed by atoms with Crippen LogP contribution in [0.2, 0.25) is 0 Å². The molecule has 9 heteroatoms. The summed E-state index contributed by atoms with van der Waals surface area (Å²) in [6, 6.07) is 1.12. The Morgan fingerprint density at radius 1 is 1.33 bits per heavy atom. The highest BCUT2D eigenvalue weighted by Crippen LogP contribution is 2.36. The molecule has 0 aliphatic carbocycles. The van der Waals surface area contributed by atoms with Crippen molar-refractivity contribution in [2.24, 2.45) is 7.05 Å². The quantitative estimate of drug-likeness (QED) is 0.898. The first-order chi connectivity index (χ1) is 11.2. The molecule has 0 unspecified atom stereocenters. The first-order valence-corrected chi connectivity index (χ1v) is 7.25. The molecule has 2 rings (SSSR count). The summed E-state index contributed by atoms with van der Waals surface area (Å²) in [7, 11) is 1.35. The molecular weight excluding hydrogens is 323 g/mol. The molecule has 0 radical (unpaired) electrons. The molecule has 0 aliphatic rings. The van der Waals surface area contributed by atoms with Gasteiger partial charge in [0, 0.05) is 26.0 Å². The van der Waals surface area contributed by atoms with Crippen molar-refractivity contribution < 1.29 is 18.0 Å². The van der Waals surface area contributed by atoms with Gasteiger partial charge in [-0.15, -0.1) is 0 Å². The van der Waals surface area contributed by atoms with Crippen molar-refractivity contribution in [1.29, 1.82) is 0 Å². The highest BCUT2D eigenvalue weighted by Gasteiger charge is 2.39. The predicted molar refractivity (Wildman–Crippen MR) is 82.6 cm³/mol. The lowest BCUT2D eigenvalue weighted by Gasteiger charge is -2.12. The van der Waals surface area contributed by atoms with Crippen molar-refractivity contribution in [2.45, 2.75) is 26.4 Å². The van der Waals surface area contributed by atoms with Gasteiger partial charge in [-0.25, -0.2) is 4.79 Å². The Bertz CT molecular complexity index is 739. The van der Waals surface area contributed by atoms with Crippen LogP contribution in [0.3, 0.4) is 0 Å². The van der Waals surface area contributed by atoms with Gasteiger partial charge in [0.2, 0.25) is 0 Å². The predicted octanol–water partition coefficient (Wildman–Crippen LogP) is 2.81. The van der Waals surface area contributed by atoms with Crippen molar-refractivity contribution in [3.05, 3.63) is 40.8 Å². The second-order valence-corrected chi connectivity index (χ2v) is 5.36. The first-order valence-electron chi connectivity index (χ1n) is 7.25. The maximum Gasteiger partial charge on any atom is 0.421 e. The van der Waals surface area contributed by atoms with Gasteiger partial charge in [0.05, 0.1) is 5.69 Å². The zero-order valence-electron chi connectivity index (χ0n) is 13.5. The Balaban J connectivity index is 2.00. The van der Waals surface area contributed by atoms with E-state index >= 15 is 0 Å². The van der Waals surface area contributed by atoms with Gasteiger partial charge in [0.25, 0.3) is 0 Å². The molecule has 2 aromatic heterocycles. The molecule has 0 spiro atoms. The molecule has 0 atom stereocenters. The van der Waals surface area contributed by atoms with Gasteiger partial charge in [-0.1, -0.05) is 0 Å². The van der Waals surface area contributed by atoms with E-state index in [1.807, 2.05) is 13.0 Å². The minimum absolute atomic E-state index is 0.187. The normalized spacial score (nSPS) is 11.4. The van der Waals surface area contributed by atoms with Crippen molar-refractivity contribution in [3.63, 3.8) is 0 Å². The summed E-state index contributed by atoms with van der Waals surface area (Å²) in [6.07, 6.45) is -0.673. The molecule has 24 heavy (non-hydrogen) atoms. The summed E-state index contributed by atoms with van der Waals surface area (Å²) in [5, 5.41) is 8.49. The van der Waals surface area contributed by atoms with Crippen molar-refractivity contribution in [2.75, 3.05) is 11.9 Å². The molecule has 2 amide bonds. The third kappa shape index (κ3) is 4.03. The van der Waals surface area contributed by atoms with Crippen LogP contribution in [0.1, 0.15) is 22.4 Å². The van der Waals surface area contributed by atoms with Gasteiger partial charge >= 0.3 is 12.2 Å².